The van der Waals surface area contributed by atoms with Crippen molar-refractivity contribution in [2.75, 3.05) is 0 Å². The molecule has 1 rings (SSSR count). The van der Waals surface area contributed by atoms with Crippen molar-refractivity contribution in [3.8, 4) is 0 Å². The number of hydrogen-bond donors (Lipinski definition) is 1. The molecule has 0 heterocycles. The van der Waals surface area contributed by atoms with Gasteiger partial charge in [0.25, 0.3) is 0 Å². The van der Waals surface area contributed by atoms with Gasteiger partial charge in [-0.2, -0.15) is 12.6 Å². The Morgan fingerprint density at radius 2 is 2.30 bits per heavy atom. The standard InChI is InChI=1S/C8H14OS/c1-2-7(9)6-4-3-5-8(6)10/h6,8,10H,2-5H2,1H3. The molecule has 2 heteroatoms. The van der Waals surface area contributed by atoms with E-state index in [2.05, 4.69) is 12.6 Å². The van der Waals surface area contributed by atoms with Crippen molar-refractivity contribution < 1.29 is 4.79 Å². The molecule has 10 heavy (non-hydrogen) atoms. The van der Waals surface area contributed by atoms with Gasteiger partial charge in [-0.15, -0.1) is 0 Å². The highest BCUT2D eigenvalue weighted by Crippen LogP contribution is 2.30. The van der Waals surface area contributed by atoms with Crippen molar-refractivity contribution in [1.82, 2.24) is 0 Å². The molecule has 1 fully saturated rings. The molecule has 0 saturated heterocycles. The second-order valence-corrected chi connectivity index (χ2v) is 3.59. The van der Waals surface area contributed by atoms with Crippen molar-refractivity contribution in [1.29, 1.82) is 0 Å². The van der Waals surface area contributed by atoms with Crippen LogP contribution < -0.4 is 0 Å². The molecule has 2 atom stereocenters. The Morgan fingerprint density at radius 3 is 2.70 bits per heavy atom. The van der Waals surface area contributed by atoms with Gasteiger partial charge in [-0.1, -0.05) is 13.3 Å². The van der Waals surface area contributed by atoms with Crippen LogP contribution >= 0.6 is 12.6 Å². The van der Waals surface area contributed by atoms with Gasteiger partial charge in [0.05, 0.1) is 0 Å². The van der Waals surface area contributed by atoms with E-state index in [1.54, 1.807) is 0 Å². The summed E-state index contributed by atoms with van der Waals surface area (Å²) in [7, 11) is 0. The number of carbonyl (C=O) groups excluding carboxylic acids is 1. The molecule has 0 aromatic heterocycles. The molecule has 0 amide bonds. The first kappa shape index (κ1) is 8.12. The van der Waals surface area contributed by atoms with E-state index in [1.165, 1.54) is 6.42 Å². The zero-order chi connectivity index (χ0) is 7.56. The number of Topliss-reactive ketones (excluding diaryl/α,β-unsaturated/α-hetero) is 1. The molecule has 0 N–H and O–H groups in total. The zero-order valence-electron chi connectivity index (χ0n) is 6.34. The molecular weight excluding hydrogens is 144 g/mol. The lowest BCUT2D eigenvalue weighted by Crippen LogP contribution is -2.17. The molecule has 1 saturated carbocycles. The molecule has 0 bridgehead atoms. The van der Waals surface area contributed by atoms with Crippen LogP contribution in [0.5, 0.6) is 0 Å². The quantitative estimate of drug-likeness (QED) is 0.609. The average Bonchev–Trinajstić information content (AvgIpc) is 2.34. The van der Waals surface area contributed by atoms with Crippen LogP contribution in [-0.4, -0.2) is 11.0 Å². The third-order valence-electron chi connectivity index (χ3n) is 2.24. The van der Waals surface area contributed by atoms with Gasteiger partial charge >= 0.3 is 0 Å². The van der Waals surface area contributed by atoms with Gasteiger partial charge in [-0.3, -0.25) is 4.79 Å². The maximum Gasteiger partial charge on any atom is 0.136 e. The molecule has 0 aliphatic heterocycles. The number of rotatable bonds is 2. The fraction of sp³-hybridized carbons (Fsp3) is 0.875. The van der Waals surface area contributed by atoms with Crippen LogP contribution in [0.3, 0.4) is 0 Å². The zero-order valence-corrected chi connectivity index (χ0v) is 7.23. The van der Waals surface area contributed by atoms with E-state index in [0.717, 1.165) is 12.8 Å². The summed E-state index contributed by atoms with van der Waals surface area (Å²) in [5, 5.41) is 0.354. The van der Waals surface area contributed by atoms with E-state index >= 15 is 0 Å². The van der Waals surface area contributed by atoms with E-state index < -0.39 is 0 Å². The monoisotopic (exact) mass is 158 g/mol. The second-order valence-electron chi connectivity index (χ2n) is 2.92. The Labute approximate surface area is 67.6 Å². The van der Waals surface area contributed by atoms with Crippen molar-refractivity contribution in [3.63, 3.8) is 0 Å². The van der Waals surface area contributed by atoms with E-state index in [1.807, 2.05) is 6.92 Å². The van der Waals surface area contributed by atoms with E-state index in [0.29, 0.717) is 17.5 Å². The van der Waals surface area contributed by atoms with Crippen LogP contribution in [0, 0.1) is 5.92 Å². The Bertz CT molecular complexity index is 133. The minimum Gasteiger partial charge on any atom is -0.299 e. The maximum atomic E-state index is 11.2. The lowest BCUT2D eigenvalue weighted by atomic mass is 10.0. The third-order valence-corrected chi connectivity index (χ3v) is 2.86. The minimum absolute atomic E-state index is 0.272. The number of thiol groups is 1. The molecule has 1 aliphatic rings. The number of hydrogen-bond acceptors (Lipinski definition) is 2. The summed E-state index contributed by atoms with van der Waals surface area (Å²) < 4.78 is 0. The van der Waals surface area contributed by atoms with Gasteiger partial charge in [-0.05, 0) is 12.8 Å². The highest BCUT2D eigenvalue weighted by atomic mass is 32.1. The molecule has 0 spiro atoms. The Hall–Kier alpha value is 0.0200. The summed E-state index contributed by atoms with van der Waals surface area (Å²) in [6.07, 6.45) is 4.06. The molecule has 1 aliphatic carbocycles. The number of carbonyl (C=O) groups is 1. The maximum absolute atomic E-state index is 11.2. The van der Waals surface area contributed by atoms with Gasteiger partial charge in [0.1, 0.15) is 5.78 Å². The van der Waals surface area contributed by atoms with Crippen LogP contribution in [-0.2, 0) is 4.79 Å². The fourth-order valence-electron chi connectivity index (χ4n) is 1.58. The summed E-state index contributed by atoms with van der Waals surface area (Å²) in [4.78, 5) is 11.2. The van der Waals surface area contributed by atoms with Gasteiger partial charge in [0.15, 0.2) is 0 Å². The highest BCUT2D eigenvalue weighted by molar-refractivity contribution is 7.81. The van der Waals surface area contributed by atoms with Gasteiger partial charge < -0.3 is 0 Å². The molecule has 2 unspecified atom stereocenters. The third kappa shape index (κ3) is 1.54. The normalized spacial score (nSPS) is 32.6. The molecular formula is C8H14OS. The van der Waals surface area contributed by atoms with E-state index in [-0.39, 0.29) is 5.92 Å². The van der Waals surface area contributed by atoms with Crippen molar-refractivity contribution in [2.45, 2.75) is 37.9 Å². The summed E-state index contributed by atoms with van der Waals surface area (Å²) >= 11 is 4.36. The second kappa shape index (κ2) is 3.42. The van der Waals surface area contributed by atoms with Crippen LogP contribution in [0.15, 0.2) is 0 Å². The lowest BCUT2D eigenvalue weighted by Gasteiger charge is -2.10. The topological polar surface area (TPSA) is 17.1 Å². The molecule has 0 radical (unpaired) electrons. The summed E-state index contributed by atoms with van der Waals surface area (Å²) in [6.45, 7) is 1.93. The molecule has 0 aromatic carbocycles. The summed E-state index contributed by atoms with van der Waals surface area (Å²) in [6, 6.07) is 0. The Morgan fingerprint density at radius 1 is 1.60 bits per heavy atom. The first-order valence-electron chi connectivity index (χ1n) is 3.96. The van der Waals surface area contributed by atoms with Gasteiger partial charge in [0.2, 0.25) is 0 Å². The number of ketones is 1. The first-order chi connectivity index (χ1) is 4.75. The van der Waals surface area contributed by atoms with Crippen LogP contribution in [0.1, 0.15) is 32.6 Å². The van der Waals surface area contributed by atoms with Gasteiger partial charge in [0, 0.05) is 17.6 Å². The lowest BCUT2D eigenvalue weighted by molar-refractivity contribution is -0.122. The fourth-order valence-corrected chi connectivity index (χ4v) is 2.08. The largest absolute Gasteiger partial charge is 0.299 e. The first-order valence-corrected chi connectivity index (χ1v) is 4.48. The molecule has 1 nitrogen and oxygen atoms in total. The average molecular weight is 158 g/mol. The van der Waals surface area contributed by atoms with Crippen molar-refractivity contribution >= 4 is 18.4 Å². The Balaban J connectivity index is 2.46. The van der Waals surface area contributed by atoms with Crippen molar-refractivity contribution in [3.05, 3.63) is 0 Å². The van der Waals surface area contributed by atoms with Crippen LogP contribution in [0.4, 0.5) is 0 Å². The summed E-state index contributed by atoms with van der Waals surface area (Å²) in [5.41, 5.74) is 0. The van der Waals surface area contributed by atoms with Gasteiger partial charge in [-0.25, -0.2) is 0 Å². The molecule has 58 valence electrons. The highest BCUT2D eigenvalue weighted by Gasteiger charge is 2.28. The van der Waals surface area contributed by atoms with Crippen LogP contribution in [0.25, 0.3) is 0 Å². The predicted molar refractivity (Wildman–Crippen MR) is 45.4 cm³/mol. The van der Waals surface area contributed by atoms with E-state index in [9.17, 15) is 4.79 Å². The minimum atomic E-state index is 0.272. The molecule has 0 aromatic rings. The predicted octanol–water partition coefficient (Wildman–Crippen LogP) is 2.06. The van der Waals surface area contributed by atoms with Crippen molar-refractivity contribution in [2.24, 2.45) is 5.92 Å². The Kier molecular flexibility index (Phi) is 2.78. The summed E-state index contributed by atoms with van der Waals surface area (Å²) in [5.74, 6) is 0.672. The SMILES string of the molecule is CCC(=O)C1CCCC1S. The van der Waals surface area contributed by atoms with E-state index in [4.69, 9.17) is 0 Å². The van der Waals surface area contributed by atoms with Crippen LogP contribution in [0.2, 0.25) is 0 Å². The smallest absolute Gasteiger partial charge is 0.136 e.